The molecule has 0 fully saturated rings. The number of amides is 1. The van der Waals surface area contributed by atoms with Crippen LogP contribution in [0.25, 0.3) is 11.6 Å². The molecule has 10 heteroatoms. The van der Waals surface area contributed by atoms with Gasteiger partial charge in [0.15, 0.2) is 0 Å². The van der Waals surface area contributed by atoms with Gasteiger partial charge in [0, 0.05) is 34.1 Å². The summed E-state index contributed by atoms with van der Waals surface area (Å²) in [5.74, 6) is -0.465. The summed E-state index contributed by atoms with van der Waals surface area (Å²) in [5.41, 5.74) is 2.01. The quantitative estimate of drug-likeness (QED) is 0.120. The van der Waals surface area contributed by atoms with Crippen molar-refractivity contribution in [1.82, 2.24) is 0 Å². The van der Waals surface area contributed by atoms with Gasteiger partial charge in [-0.15, -0.1) is 0 Å². The molecule has 4 rings (SSSR count). The van der Waals surface area contributed by atoms with E-state index in [-0.39, 0.29) is 16.2 Å². The number of non-ortho nitro benzene ring substituents is 1. The first-order chi connectivity index (χ1) is 17.7. The van der Waals surface area contributed by atoms with Gasteiger partial charge in [-0.1, -0.05) is 54.1 Å². The van der Waals surface area contributed by atoms with Gasteiger partial charge < -0.3 is 5.32 Å². The van der Waals surface area contributed by atoms with Crippen LogP contribution in [-0.2, 0) is 14.8 Å². The number of carbonyl (C=O) groups excluding carboxylic acids is 1. The number of nitrogens with zero attached hydrogens (tertiary/aromatic N) is 1. The normalized spacial score (nSPS) is 11.5. The second-order valence-corrected chi connectivity index (χ2v) is 9.99. The van der Waals surface area contributed by atoms with Gasteiger partial charge >= 0.3 is 0 Å². The van der Waals surface area contributed by atoms with Gasteiger partial charge in [-0.3, -0.25) is 19.6 Å². The molecular formula is C27H20ClN3O5S. The van der Waals surface area contributed by atoms with Gasteiger partial charge in [-0.2, -0.15) is 0 Å². The van der Waals surface area contributed by atoms with Crippen LogP contribution in [0.3, 0.4) is 0 Å². The van der Waals surface area contributed by atoms with E-state index in [1.807, 2.05) is 6.07 Å². The zero-order chi connectivity index (χ0) is 26.4. The highest BCUT2D eigenvalue weighted by Crippen LogP contribution is 2.24. The van der Waals surface area contributed by atoms with Crippen LogP contribution in [0.1, 0.15) is 11.1 Å². The molecule has 0 bridgehead atoms. The summed E-state index contributed by atoms with van der Waals surface area (Å²) in [6.07, 6.45) is 1.56. The Morgan fingerprint density at radius 1 is 0.838 bits per heavy atom. The molecular weight excluding hydrogens is 514 g/mol. The van der Waals surface area contributed by atoms with E-state index in [2.05, 4.69) is 10.0 Å². The molecule has 0 spiro atoms. The van der Waals surface area contributed by atoms with Crippen molar-refractivity contribution in [2.24, 2.45) is 0 Å². The minimum Gasteiger partial charge on any atom is -0.322 e. The van der Waals surface area contributed by atoms with Crippen LogP contribution in [0, 0.1) is 10.1 Å². The van der Waals surface area contributed by atoms with Crippen molar-refractivity contribution in [2.75, 3.05) is 10.0 Å². The summed E-state index contributed by atoms with van der Waals surface area (Å²) in [6, 6.07) is 26.8. The fourth-order valence-electron chi connectivity index (χ4n) is 3.44. The highest BCUT2D eigenvalue weighted by Gasteiger charge is 2.16. The van der Waals surface area contributed by atoms with E-state index in [1.165, 1.54) is 36.4 Å². The van der Waals surface area contributed by atoms with Crippen molar-refractivity contribution in [3.63, 3.8) is 0 Å². The van der Waals surface area contributed by atoms with E-state index < -0.39 is 20.9 Å². The molecule has 0 aliphatic carbocycles. The average Bonchev–Trinajstić information content (AvgIpc) is 2.89. The fourth-order valence-corrected chi connectivity index (χ4v) is 4.62. The Kier molecular flexibility index (Phi) is 7.66. The Balaban J connectivity index is 1.57. The van der Waals surface area contributed by atoms with E-state index in [9.17, 15) is 23.3 Å². The number of rotatable bonds is 8. The molecule has 8 nitrogen and oxygen atoms in total. The largest absolute Gasteiger partial charge is 0.322 e. The smallest absolute Gasteiger partial charge is 0.270 e. The third kappa shape index (κ3) is 6.60. The molecule has 0 radical (unpaired) electrons. The summed E-state index contributed by atoms with van der Waals surface area (Å²) in [7, 11) is -3.85. The molecule has 0 heterocycles. The number of hydrogen-bond donors (Lipinski definition) is 2. The number of nitrogens with one attached hydrogen (secondary N) is 2. The number of benzene rings is 4. The van der Waals surface area contributed by atoms with Gasteiger partial charge in [0.05, 0.1) is 9.82 Å². The SMILES string of the molecule is O=C(Nc1ccc(S(=O)(=O)Nc2ccc(Cl)cc2)cc1)/C(=C\c1cccc([N+](=O)[O-])c1)c1ccccc1. The topological polar surface area (TPSA) is 118 Å². The van der Waals surface area contributed by atoms with Crippen molar-refractivity contribution >= 4 is 56.2 Å². The number of nitro benzene ring substituents is 1. The lowest BCUT2D eigenvalue weighted by Crippen LogP contribution is -2.15. The van der Waals surface area contributed by atoms with Crippen LogP contribution in [0.5, 0.6) is 0 Å². The molecule has 186 valence electrons. The zero-order valence-electron chi connectivity index (χ0n) is 19.2. The van der Waals surface area contributed by atoms with Crippen molar-refractivity contribution in [1.29, 1.82) is 0 Å². The number of anilines is 2. The highest BCUT2D eigenvalue weighted by molar-refractivity contribution is 7.92. The van der Waals surface area contributed by atoms with Gasteiger partial charge in [0.25, 0.3) is 21.6 Å². The van der Waals surface area contributed by atoms with Gasteiger partial charge in [-0.05, 0) is 65.7 Å². The Labute approximate surface area is 218 Å². The van der Waals surface area contributed by atoms with Crippen molar-refractivity contribution in [3.8, 4) is 0 Å². The first-order valence-corrected chi connectivity index (χ1v) is 12.8. The van der Waals surface area contributed by atoms with Crippen molar-refractivity contribution in [2.45, 2.75) is 4.90 Å². The number of halogens is 1. The molecule has 2 N–H and O–H groups in total. The fraction of sp³-hybridized carbons (Fsp3) is 0. The molecule has 1 amide bonds. The summed E-state index contributed by atoms with van der Waals surface area (Å²) < 4.78 is 27.9. The third-order valence-corrected chi connectivity index (χ3v) is 6.89. The predicted octanol–water partition coefficient (Wildman–Crippen LogP) is 6.23. The standard InChI is InChI=1S/C27H20ClN3O5S/c28-21-9-11-23(12-10-21)30-37(35,36)25-15-13-22(14-16-25)29-27(32)26(20-6-2-1-3-7-20)18-19-5-4-8-24(17-19)31(33)34/h1-18,30H,(H,29,32)/b26-18-. The van der Waals surface area contributed by atoms with Crippen LogP contribution >= 0.6 is 11.6 Å². The maximum atomic E-state index is 13.2. The summed E-state index contributed by atoms with van der Waals surface area (Å²) in [4.78, 5) is 23.9. The lowest BCUT2D eigenvalue weighted by molar-refractivity contribution is -0.384. The molecule has 0 aromatic heterocycles. The monoisotopic (exact) mass is 533 g/mol. The first-order valence-electron chi connectivity index (χ1n) is 10.9. The Morgan fingerprint density at radius 3 is 2.14 bits per heavy atom. The van der Waals surface area contributed by atoms with Crippen molar-refractivity contribution in [3.05, 3.63) is 129 Å². The molecule has 0 saturated carbocycles. The Bertz CT molecular complexity index is 1570. The Morgan fingerprint density at radius 2 is 1.49 bits per heavy atom. The lowest BCUT2D eigenvalue weighted by atomic mass is 10.0. The summed E-state index contributed by atoms with van der Waals surface area (Å²) >= 11 is 5.84. The van der Waals surface area contributed by atoms with Crippen LogP contribution in [0.2, 0.25) is 5.02 Å². The van der Waals surface area contributed by atoms with Crippen LogP contribution in [-0.4, -0.2) is 19.2 Å². The van der Waals surface area contributed by atoms with Gasteiger partial charge in [-0.25, -0.2) is 8.42 Å². The molecule has 4 aromatic carbocycles. The summed E-state index contributed by atoms with van der Waals surface area (Å²) in [5, 5.41) is 14.4. The van der Waals surface area contributed by atoms with Crippen LogP contribution in [0.15, 0.2) is 108 Å². The maximum absolute atomic E-state index is 13.2. The molecule has 0 saturated heterocycles. The maximum Gasteiger partial charge on any atom is 0.270 e. The molecule has 37 heavy (non-hydrogen) atoms. The molecule has 0 unspecified atom stereocenters. The number of hydrogen-bond acceptors (Lipinski definition) is 5. The third-order valence-electron chi connectivity index (χ3n) is 5.24. The van der Waals surface area contributed by atoms with Gasteiger partial charge in [0.1, 0.15) is 0 Å². The van der Waals surface area contributed by atoms with Crippen molar-refractivity contribution < 1.29 is 18.1 Å². The first kappa shape index (κ1) is 25.6. The minimum absolute atomic E-state index is 0.0101. The van der Waals surface area contributed by atoms with Crippen LogP contribution in [0.4, 0.5) is 17.1 Å². The van der Waals surface area contributed by atoms with E-state index in [4.69, 9.17) is 11.6 Å². The second kappa shape index (κ2) is 11.1. The zero-order valence-corrected chi connectivity index (χ0v) is 20.7. The molecule has 0 aliphatic heterocycles. The number of sulfonamides is 1. The lowest BCUT2D eigenvalue weighted by Gasteiger charge is -2.11. The number of carbonyl (C=O) groups is 1. The highest BCUT2D eigenvalue weighted by atomic mass is 35.5. The van der Waals surface area contributed by atoms with E-state index >= 15 is 0 Å². The van der Waals surface area contributed by atoms with E-state index in [1.54, 1.807) is 66.7 Å². The van der Waals surface area contributed by atoms with E-state index in [0.29, 0.717) is 27.5 Å². The van der Waals surface area contributed by atoms with Crippen LogP contribution < -0.4 is 10.0 Å². The minimum atomic E-state index is -3.85. The predicted molar refractivity (Wildman–Crippen MR) is 145 cm³/mol. The van der Waals surface area contributed by atoms with Gasteiger partial charge in [0.2, 0.25) is 0 Å². The Hall–Kier alpha value is -4.47. The average molecular weight is 534 g/mol. The molecule has 0 atom stereocenters. The number of nitro groups is 1. The second-order valence-electron chi connectivity index (χ2n) is 7.87. The molecule has 0 aliphatic rings. The molecule has 4 aromatic rings. The van der Waals surface area contributed by atoms with E-state index in [0.717, 1.165) is 0 Å². The summed E-state index contributed by atoms with van der Waals surface area (Å²) in [6.45, 7) is 0.